The third-order valence-corrected chi connectivity index (χ3v) is 7.46. The summed E-state index contributed by atoms with van der Waals surface area (Å²) in [7, 11) is -3.93. The molecular weight excluding hydrogens is 579 g/mol. The van der Waals surface area contributed by atoms with E-state index >= 15 is 0 Å². The molecule has 0 aliphatic heterocycles. The van der Waals surface area contributed by atoms with Crippen LogP contribution >= 0.6 is 38.5 Å². The quantitative estimate of drug-likeness (QED) is 0.381. The molecule has 156 valence electrons. The largest absolute Gasteiger partial charge is 0.324 e. The smallest absolute Gasteiger partial charge is 0.264 e. The third-order valence-electron chi connectivity index (χ3n) is 4.47. The second-order valence-electron chi connectivity index (χ2n) is 6.81. The lowest BCUT2D eigenvalue weighted by Crippen LogP contribution is -2.38. The number of nitrogens with zero attached hydrogens (tertiary/aromatic N) is 1. The van der Waals surface area contributed by atoms with Crippen molar-refractivity contribution in [3.63, 3.8) is 0 Å². The average molecular weight is 599 g/mol. The number of hydrogen-bond donors (Lipinski definition) is 1. The fraction of sp³-hybridized carbons (Fsp3) is 0.136. The van der Waals surface area contributed by atoms with Crippen LogP contribution < -0.4 is 9.62 Å². The van der Waals surface area contributed by atoms with Gasteiger partial charge in [0.1, 0.15) is 6.54 Å². The molecule has 0 unspecified atom stereocenters. The van der Waals surface area contributed by atoms with Crippen LogP contribution in [0.2, 0.25) is 0 Å². The van der Waals surface area contributed by atoms with Gasteiger partial charge in [-0.05, 0) is 96.6 Å². The normalized spacial score (nSPS) is 11.2. The minimum atomic E-state index is -3.93. The Labute approximate surface area is 198 Å². The Morgan fingerprint density at radius 1 is 1.00 bits per heavy atom. The molecule has 0 saturated heterocycles. The Morgan fingerprint density at radius 2 is 1.63 bits per heavy atom. The number of nitrogens with one attached hydrogen (secondary N) is 1. The predicted molar refractivity (Wildman–Crippen MR) is 132 cm³/mol. The molecule has 0 aliphatic carbocycles. The molecule has 5 nitrogen and oxygen atoms in total. The van der Waals surface area contributed by atoms with Gasteiger partial charge in [-0.2, -0.15) is 0 Å². The Bertz CT molecular complexity index is 1160. The molecule has 0 bridgehead atoms. The highest BCUT2D eigenvalue weighted by atomic mass is 127. The topological polar surface area (TPSA) is 66.5 Å². The number of anilines is 2. The molecule has 1 amide bonds. The van der Waals surface area contributed by atoms with E-state index in [1.807, 2.05) is 32.0 Å². The molecule has 3 aromatic rings. The minimum absolute atomic E-state index is 0.134. The lowest BCUT2D eigenvalue weighted by molar-refractivity contribution is -0.114. The summed E-state index contributed by atoms with van der Waals surface area (Å²) >= 11 is 5.56. The second-order valence-corrected chi connectivity index (χ2v) is 10.8. The molecule has 0 radical (unpaired) electrons. The molecule has 3 aromatic carbocycles. The lowest BCUT2D eigenvalue weighted by atomic mass is 10.2. The average Bonchev–Trinajstić information content (AvgIpc) is 2.69. The molecule has 1 N–H and O–H groups in total. The van der Waals surface area contributed by atoms with Crippen molar-refractivity contribution in [2.75, 3.05) is 16.2 Å². The van der Waals surface area contributed by atoms with E-state index in [0.717, 1.165) is 23.5 Å². The van der Waals surface area contributed by atoms with Gasteiger partial charge in [-0.3, -0.25) is 9.10 Å². The van der Waals surface area contributed by atoms with Crippen molar-refractivity contribution in [3.05, 3.63) is 85.9 Å². The van der Waals surface area contributed by atoms with Gasteiger partial charge in [-0.15, -0.1) is 0 Å². The van der Waals surface area contributed by atoms with E-state index in [4.69, 9.17) is 0 Å². The fourth-order valence-corrected chi connectivity index (χ4v) is 5.18. The molecular formula is C22H20BrIN2O3S. The van der Waals surface area contributed by atoms with E-state index in [2.05, 4.69) is 43.8 Å². The first-order valence-electron chi connectivity index (χ1n) is 9.08. The monoisotopic (exact) mass is 598 g/mol. The highest BCUT2D eigenvalue weighted by Crippen LogP contribution is 2.26. The lowest BCUT2D eigenvalue weighted by Gasteiger charge is -2.24. The summed E-state index contributed by atoms with van der Waals surface area (Å²) in [6.45, 7) is 3.44. The Hall–Kier alpha value is -1.91. The van der Waals surface area contributed by atoms with Crippen molar-refractivity contribution < 1.29 is 13.2 Å². The molecule has 8 heteroatoms. The molecule has 30 heavy (non-hydrogen) atoms. The number of halogens is 2. The maximum atomic E-state index is 13.4. The van der Waals surface area contributed by atoms with Gasteiger partial charge in [-0.1, -0.05) is 33.6 Å². The van der Waals surface area contributed by atoms with Crippen molar-refractivity contribution in [3.8, 4) is 0 Å². The van der Waals surface area contributed by atoms with Crippen molar-refractivity contribution in [1.82, 2.24) is 0 Å². The third kappa shape index (κ3) is 5.41. The van der Waals surface area contributed by atoms with Crippen molar-refractivity contribution in [2.24, 2.45) is 0 Å². The summed E-state index contributed by atoms with van der Waals surface area (Å²) in [5, 5.41) is 2.82. The van der Waals surface area contributed by atoms with E-state index in [1.54, 1.807) is 48.5 Å². The summed E-state index contributed by atoms with van der Waals surface area (Å²) in [6, 6.07) is 19.1. The number of benzene rings is 3. The van der Waals surface area contributed by atoms with Crippen LogP contribution in [-0.4, -0.2) is 20.9 Å². The maximum Gasteiger partial charge on any atom is 0.264 e. The first-order chi connectivity index (χ1) is 14.2. The van der Waals surface area contributed by atoms with Crippen LogP contribution in [0.15, 0.2) is 76.1 Å². The zero-order chi connectivity index (χ0) is 21.9. The van der Waals surface area contributed by atoms with Crippen LogP contribution in [0.4, 0.5) is 11.4 Å². The summed E-state index contributed by atoms with van der Waals surface area (Å²) in [5.74, 6) is -0.419. The summed E-state index contributed by atoms with van der Waals surface area (Å²) in [5.41, 5.74) is 2.93. The number of rotatable bonds is 6. The summed E-state index contributed by atoms with van der Waals surface area (Å²) < 4.78 is 29.7. The Kier molecular flexibility index (Phi) is 7.20. The number of carbonyl (C=O) groups is 1. The minimum Gasteiger partial charge on any atom is -0.324 e. The van der Waals surface area contributed by atoms with Crippen LogP contribution in [0.25, 0.3) is 0 Å². The van der Waals surface area contributed by atoms with E-state index in [0.29, 0.717) is 11.4 Å². The molecule has 0 heterocycles. The number of amides is 1. The highest BCUT2D eigenvalue weighted by molar-refractivity contribution is 14.1. The standard InChI is InChI=1S/C22H20BrIN2O3S/c1-15-3-10-20(11-4-15)30(28,29)26(19-8-5-17(23)6-9-19)14-22(27)25-21-12-7-18(24)13-16(21)2/h3-13H,14H2,1-2H3,(H,25,27). The molecule has 0 atom stereocenters. The predicted octanol–water partition coefficient (Wildman–Crippen LogP) is 5.50. The number of hydrogen-bond acceptors (Lipinski definition) is 3. The number of carbonyl (C=O) groups excluding carboxylic acids is 1. The van der Waals surface area contributed by atoms with Crippen molar-refractivity contribution in [2.45, 2.75) is 18.7 Å². The molecule has 0 aromatic heterocycles. The van der Waals surface area contributed by atoms with Crippen molar-refractivity contribution >= 4 is 65.8 Å². The number of aryl methyl sites for hydroxylation is 2. The number of sulfonamides is 1. The van der Waals surface area contributed by atoms with Crippen LogP contribution in [0.1, 0.15) is 11.1 Å². The Morgan fingerprint density at radius 3 is 2.23 bits per heavy atom. The molecule has 0 spiro atoms. The Balaban J connectivity index is 1.94. The van der Waals surface area contributed by atoms with Gasteiger partial charge in [0.15, 0.2) is 0 Å². The summed E-state index contributed by atoms with van der Waals surface area (Å²) in [6.07, 6.45) is 0. The van der Waals surface area contributed by atoms with Gasteiger partial charge < -0.3 is 5.32 Å². The summed E-state index contributed by atoms with van der Waals surface area (Å²) in [4.78, 5) is 12.9. The van der Waals surface area contributed by atoms with Gasteiger partial charge >= 0.3 is 0 Å². The zero-order valence-electron chi connectivity index (χ0n) is 16.4. The van der Waals surface area contributed by atoms with E-state index in [9.17, 15) is 13.2 Å². The van der Waals surface area contributed by atoms with E-state index in [-0.39, 0.29) is 11.4 Å². The van der Waals surface area contributed by atoms with Gasteiger partial charge in [0.05, 0.1) is 10.6 Å². The van der Waals surface area contributed by atoms with Gasteiger partial charge in [0, 0.05) is 13.7 Å². The maximum absolute atomic E-state index is 13.4. The molecule has 0 aliphatic rings. The first-order valence-corrected chi connectivity index (χ1v) is 12.4. The van der Waals surface area contributed by atoms with E-state index < -0.39 is 15.9 Å². The zero-order valence-corrected chi connectivity index (χ0v) is 21.0. The molecule has 3 rings (SSSR count). The first kappa shape index (κ1) is 22.8. The second kappa shape index (κ2) is 9.49. The molecule has 0 fully saturated rings. The van der Waals surface area contributed by atoms with Gasteiger partial charge in [-0.25, -0.2) is 8.42 Å². The highest BCUT2D eigenvalue weighted by Gasteiger charge is 2.27. The van der Waals surface area contributed by atoms with Crippen LogP contribution in [0.5, 0.6) is 0 Å². The fourth-order valence-electron chi connectivity index (χ4n) is 2.85. The molecule has 0 saturated carbocycles. The van der Waals surface area contributed by atoms with Gasteiger partial charge in [0.25, 0.3) is 10.0 Å². The van der Waals surface area contributed by atoms with Crippen molar-refractivity contribution in [1.29, 1.82) is 0 Å². The van der Waals surface area contributed by atoms with Crippen LogP contribution in [0, 0.1) is 17.4 Å². The van der Waals surface area contributed by atoms with Crippen LogP contribution in [-0.2, 0) is 14.8 Å². The SMILES string of the molecule is Cc1ccc(S(=O)(=O)N(CC(=O)Nc2ccc(I)cc2C)c2ccc(Br)cc2)cc1. The van der Waals surface area contributed by atoms with Crippen LogP contribution in [0.3, 0.4) is 0 Å². The van der Waals surface area contributed by atoms with E-state index in [1.165, 1.54) is 0 Å². The van der Waals surface area contributed by atoms with Gasteiger partial charge in [0.2, 0.25) is 5.91 Å².